The maximum atomic E-state index is 11.7. The SMILES string of the molecule is CCC1(CNS(=O)(=O)c2cscn2)CC1. The lowest BCUT2D eigenvalue weighted by Gasteiger charge is -2.12. The summed E-state index contributed by atoms with van der Waals surface area (Å²) in [5.41, 5.74) is 1.75. The Morgan fingerprint density at radius 3 is 2.80 bits per heavy atom. The van der Waals surface area contributed by atoms with Crippen molar-refractivity contribution < 1.29 is 8.42 Å². The van der Waals surface area contributed by atoms with E-state index in [1.807, 2.05) is 0 Å². The van der Waals surface area contributed by atoms with E-state index in [1.165, 1.54) is 16.8 Å². The first-order valence-electron chi connectivity index (χ1n) is 4.96. The van der Waals surface area contributed by atoms with Gasteiger partial charge in [0.25, 0.3) is 10.0 Å². The number of hydrogen-bond acceptors (Lipinski definition) is 4. The first kappa shape index (κ1) is 11.0. The molecule has 15 heavy (non-hydrogen) atoms. The van der Waals surface area contributed by atoms with Crippen molar-refractivity contribution in [3.05, 3.63) is 10.9 Å². The van der Waals surface area contributed by atoms with Crippen LogP contribution in [0, 0.1) is 5.41 Å². The highest BCUT2D eigenvalue weighted by Gasteiger charge is 2.41. The molecule has 0 radical (unpaired) electrons. The molecule has 0 saturated heterocycles. The summed E-state index contributed by atoms with van der Waals surface area (Å²) >= 11 is 1.29. The summed E-state index contributed by atoms with van der Waals surface area (Å²) in [5.74, 6) is 0. The molecule has 1 N–H and O–H groups in total. The van der Waals surface area contributed by atoms with Gasteiger partial charge in [-0.2, -0.15) is 0 Å². The molecule has 4 nitrogen and oxygen atoms in total. The van der Waals surface area contributed by atoms with Gasteiger partial charge in [0.2, 0.25) is 0 Å². The molecule has 1 aromatic heterocycles. The standard InChI is InChI=1S/C9H14N2O2S2/c1-2-9(3-4-9)6-11-15(12,13)8-5-14-7-10-8/h5,7,11H,2-4,6H2,1H3. The van der Waals surface area contributed by atoms with Crippen LogP contribution in [0.1, 0.15) is 26.2 Å². The van der Waals surface area contributed by atoms with Gasteiger partial charge in [0.15, 0.2) is 5.03 Å². The summed E-state index contributed by atoms with van der Waals surface area (Å²) in [4.78, 5) is 3.80. The van der Waals surface area contributed by atoms with Crippen molar-refractivity contribution in [2.75, 3.05) is 6.54 Å². The number of nitrogens with zero attached hydrogens (tertiary/aromatic N) is 1. The molecule has 0 spiro atoms. The van der Waals surface area contributed by atoms with Crippen molar-refractivity contribution in [2.45, 2.75) is 31.2 Å². The molecule has 1 fully saturated rings. The van der Waals surface area contributed by atoms with Gasteiger partial charge >= 0.3 is 0 Å². The Labute approximate surface area is 93.8 Å². The average Bonchev–Trinajstić information content (AvgIpc) is 2.77. The maximum absolute atomic E-state index is 11.7. The third kappa shape index (κ3) is 2.38. The van der Waals surface area contributed by atoms with Crippen molar-refractivity contribution in [1.82, 2.24) is 9.71 Å². The Balaban J connectivity index is 2.00. The van der Waals surface area contributed by atoms with Crippen molar-refractivity contribution in [3.8, 4) is 0 Å². The first-order chi connectivity index (χ1) is 7.08. The molecule has 1 aliphatic carbocycles. The third-order valence-electron chi connectivity index (χ3n) is 3.03. The van der Waals surface area contributed by atoms with Gasteiger partial charge in [0, 0.05) is 11.9 Å². The van der Waals surface area contributed by atoms with Crippen LogP contribution in [0.3, 0.4) is 0 Å². The van der Waals surface area contributed by atoms with Crippen LogP contribution in [0.15, 0.2) is 15.9 Å². The molecule has 84 valence electrons. The number of hydrogen-bond donors (Lipinski definition) is 1. The van der Waals surface area contributed by atoms with Crippen LogP contribution in [0.4, 0.5) is 0 Å². The van der Waals surface area contributed by atoms with E-state index < -0.39 is 10.0 Å². The van der Waals surface area contributed by atoms with Crippen LogP contribution in [0.25, 0.3) is 0 Å². The predicted octanol–water partition coefficient (Wildman–Crippen LogP) is 1.61. The largest absolute Gasteiger partial charge is 0.258 e. The molecule has 1 aliphatic rings. The molecule has 1 heterocycles. The lowest BCUT2D eigenvalue weighted by atomic mass is 10.1. The zero-order valence-corrected chi connectivity index (χ0v) is 10.2. The number of rotatable bonds is 5. The molecule has 0 amide bonds. The molecule has 1 saturated carbocycles. The topological polar surface area (TPSA) is 59.1 Å². The van der Waals surface area contributed by atoms with Crippen molar-refractivity contribution >= 4 is 21.4 Å². The molecule has 0 aromatic carbocycles. The van der Waals surface area contributed by atoms with E-state index in [1.54, 1.807) is 5.38 Å². The Morgan fingerprint density at radius 2 is 2.33 bits per heavy atom. The fraction of sp³-hybridized carbons (Fsp3) is 0.667. The van der Waals surface area contributed by atoms with Gasteiger partial charge in [-0.15, -0.1) is 11.3 Å². The Morgan fingerprint density at radius 1 is 1.60 bits per heavy atom. The summed E-state index contributed by atoms with van der Waals surface area (Å²) in [6.45, 7) is 2.65. The molecule has 0 unspecified atom stereocenters. The zero-order chi connectivity index (χ0) is 10.9. The predicted molar refractivity (Wildman–Crippen MR) is 59.3 cm³/mol. The van der Waals surface area contributed by atoms with Crippen LogP contribution in [-0.4, -0.2) is 19.9 Å². The molecule has 0 bridgehead atoms. The van der Waals surface area contributed by atoms with Gasteiger partial charge in [-0.3, -0.25) is 0 Å². The minimum atomic E-state index is -3.37. The maximum Gasteiger partial charge on any atom is 0.258 e. The second-order valence-electron chi connectivity index (χ2n) is 4.00. The monoisotopic (exact) mass is 246 g/mol. The first-order valence-corrected chi connectivity index (χ1v) is 7.38. The Hall–Kier alpha value is -0.460. The van der Waals surface area contributed by atoms with E-state index in [0.29, 0.717) is 6.54 Å². The smallest absolute Gasteiger partial charge is 0.232 e. The summed E-state index contributed by atoms with van der Waals surface area (Å²) in [7, 11) is -3.37. The average molecular weight is 246 g/mol. The van der Waals surface area contributed by atoms with Crippen molar-refractivity contribution in [2.24, 2.45) is 5.41 Å². The number of aromatic nitrogens is 1. The van der Waals surface area contributed by atoms with Crippen molar-refractivity contribution in [1.29, 1.82) is 0 Å². The molecule has 2 rings (SSSR count). The second kappa shape index (κ2) is 3.84. The number of thiazole rings is 1. The van der Waals surface area contributed by atoms with Crippen molar-refractivity contribution in [3.63, 3.8) is 0 Å². The number of sulfonamides is 1. The minimum Gasteiger partial charge on any atom is -0.232 e. The lowest BCUT2D eigenvalue weighted by molar-refractivity contribution is 0.475. The molecule has 6 heteroatoms. The Kier molecular flexibility index (Phi) is 2.83. The van der Waals surface area contributed by atoms with Gasteiger partial charge in [-0.1, -0.05) is 6.92 Å². The van der Waals surface area contributed by atoms with Gasteiger partial charge in [0.1, 0.15) is 0 Å². The van der Waals surface area contributed by atoms with Crippen LogP contribution in [0.2, 0.25) is 0 Å². The summed E-state index contributed by atoms with van der Waals surface area (Å²) in [6.07, 6.45) is 3.29. The summed E-state index contributed by atoms with van der Waals surface area (Å²) in [5, 5.41) is 1.69. The van der Waals surface area contributed by atoms with E-state index in [4.69, 9.17) is 0 Å². The highest BCUT2D eigenvalue weighted by Crippen LogP contribution is 2.48. The fourth-order valence-corrected chi connectivity index (χ4v) is 3.48. The van der Waals surface area contributed by atoms with Gasteiger partial charge in [0.05, 0.1) is 5.51 Å². The number of nitrogens with one attached hydrogen (secondary N) is 1. The Bertz CT molecular complexity index is 421. The van der Waals surface area contributed by atoms with Crippen LogP contribution < -0.4 is 4.72 Å². The second-order valence-corrected chi connectivity index (χ2v) is 6.44. The van der Waals surface area contributed by atoms with Gasteiger partial charge in [-0.05, 0) is 24.7 Å². The molecule has 1 aromatic rings. The molecular weight excluding hydrogens is 232 g/mol. The van der Waals surface area contributed by atoms with Crippen LogP contribution >= 0.6 is 11.3 Å². The van der Waals surface area contributed by atoms with E-state index in [-0.39, 0.29) is 10.4 Å². The highest BCUT2D eigenvalue weighted by atomic mass is 32.2. The minimum absolute atomic E-state index is 0.138. The van der Waals surface area contributed by atoms with E-state index in [2.05, 4.69) is 16.6 Å². The van der Waals surface area contributed by atoms with Gasteiger partial charge in [-0.25, -0.2) is 18.1 Å². The van der Waals surface area contributed by atoms with E-state index >= 15 is 0 Å². The fourth-order valence-electron chi connectivity index (χ4n) is 1.49. The highest BCUT2D eigenvalue weighted by molar-refractivity contribution is 7.89. The molecular formula is C9H14N2O2S2. The quantitative estimate of drug-likeness (QED) is 0.858. The molecule has 0 atom stereocenters. The summed E-state index contributed by atoms with van der Waals surface area (Å²) < 4.78 is 26.1. The van der Waals surface area contributed by atoms with E-state index in [0.717, 1.165) is 19.3 Å². The summed E-state index contributed by atoms with van der Waals surface area (Å²) in [6, 6.07) is 0. The van der Waals surface area contributed by atoms with Gasteiger partial charge < -0.3 is 0 Å². The van der Waals surface area contributed by atoms with Crippen LogP contribution in [0.5, 0.6) is 0 Å². The zero-order valence-electron chi connectivity index (χ0n) is 8.56. The lowest BCUT2D eigenvalue weighted by Crippen LogP contribution is -2.30. The van der Waals surface area contributed by atoms with Crippen LogP contribution in [-0.2, 0) is 10.0 Å². The normalized spacial score (nSPS) is 19.0. The van der Waals surface area contributed by atoms with E-state index in [9.17, 15) is 8.42 Å². The molecule has 0 aliphatic heterocycles. The third-order valence-corrected chi connectivity index (χ3v) is 5.06.